The Labute approximate surface area is 83.9 Å². The van der Waals surface area contributed by atoms with Gasteiger partial charge in [0, 0.05) is 0 Å². The Morgan fingerprint density at radius 1 is 1.43 bits per heavy atom. The fourth-order valence-electron chi connectivity index (χ4n) is 1.37. The summed E-state index contributed by atoms with van der Waals surface area (Å²) in [6, 6.07) is 5.45. The van der Waals surface area contributed by atoms with Crippen LogP contribution in [0.4, 0.5) is 0 Å². The first-order valence-corrected chi connectivity index (χ1v) is 4.75. The van der Waals surface area contributed by atoms with E-state index in [1.54, 1.807) is 6.07 Å². The van der Waals surface area contributed by atoms with Crippen molar-refractivity contribution in [2.24, 2.45) is 5.73 Å². The molecule has 0 saturated carbocycles. The molecule has 76 valence electrons. The number of primary amides is 1. The van der Waals surface area contributed by atoms with E-state index >= 15 is 0 Å². The van der Waals surface area contributed by atoms with Crippen molar-refractivity contribution in [2.75, 3.05) is 6.61 Å². The zero-order valence-corrected chi connectivity index (χ0v) is 8.54. The van der Waals surface area contributed by atoms with E-state index in [2.05, 4.69) is 0 Å². The minimum Gasteiger partial charge on any atom is -0.493 e. The molecule has 0 atom stereocenters. The van der Waals surface area contributed by atoms with Gasteiger partial charge in [-0.3, -0.25) is 4.79 Å². The number of para-hydroxylation sites is 1. The fourth-order valence-corrected chi connectivity index (χ4v) is 1.37. The van der Waals surface area contributed by atoms with E-state index in [1.807, 2.05) is 26.0 Å². The number of aryl methyl sites for hydroxylation is 1. The highest BCUT2D eigenvalue weighted by atomic mass is 16.5. The molecule has 1 rings (SSSR count). The van der Waals surface area contributed by atoms with Crippen molar-refractivity contribution in [2.45, 2.75) is 20.3 Å². The first-order chi connectivity index (χ1) is 6.70. The van der Waals surface area contributed by atoms with E-state index < -0.39 is 5.91 Å². The van der Waals surface area contributed by atoms with Crippen molar-refractivity contribution >= 4 is 5.91 Å². The van der Waals surface area contributed by atoms with Crippen LogP contribution in [0.1, 0.15) is 29.8 Å². The molecule has 0 aliphatic rings. The lowest BCUT2D eigenvalue weighted by Gasteiger charge is -2.11. The van der Waals surface area contributed by atoms with Crippen LogP contribution in [0.3, 0.4) is 0 Å². The van der Waals surface area contributed by atoms with Gasteiger partial charge in [-0.05, 0) is 25.0 Å². The van der Waals surface area contributed by atoms with E-state index in [0.29, 0.717) is 17.9 Å². The van der Waals surface area contributed by atoms with Crippen LogP contribution in [-0.4, -0.2) is 12.5 Å². The minimum atomic E-state index is -0.441. The molecule has 0 spiro atoms. The Balaban J connectivity index is 3.20. The fraction of sp³-hybridized carbons (Fsp3) is 0.364. The summed E-state index contributed by atoms with van der Waals surface area (Å²) in [6.45, 7) is 4.44. The standard InChI is InChI=1S/C11H15NO2/c1-3-8-6-5-7-9(11(12)13)10(8)14-4-2/h5-7H,3-4H2,1-2H3,(H2,12,13). The van der Waals surface area contributed by atoms with Crippen molar-refractivity contribution in [3.05, 3.63) is 29.3 Å². The second-order valence-corrected chi connectivity index (χ2v) is 2.94. The van der Waals surface area contributed by atoms with Crippen molar-refractivity contribution < 1.29 is 9.53 Å². The van der Waals surface area contributed by atoms with Gasteiger partial charge in [-0.1, -0.05) is 19.1 Å². The van der Waals surface area contributed by atoms with Crippen molar-refractivity contribution in [1.82, 2.24) is 0 Å². The van der Waals surface area contributed by atoms with Gasteiger partial charge in [0.05, 0.1) is 12.2 Å². The number of nitrogens with two attached hydrogens (primary N) is 1. The third-order valence-corrected chi connectivity index (χ3v) is 2.03. The predicted molar refractivity (Wildman–Crippen MR) is 55.5 cm³/mol. The van der Waals surface area contributed by atoms with E-state index in [0.717, 1.165) is 12.0 Å². The topological polar surface area (TPSA) is 52.3 Å². The molecular weight excluding hydrogens is 178 g/mol. The normalized spacial score (nSPS) is 9.86. The summed E-state index contributed by atoms with van der Waals surface area (Å²) < 4.78 is 5.42. The third-order valence-electron chi connectivity index (χ3n) is 2.03. The second-order valence-electron chi connectivity index (χ2n) is 2.94. The second kappa shape index (κ2) is 4.65. The Bertz CT molecular complexity index is 334. The largest absolute Gasteiger partial charge is 0.493 e. The lowest BCUT2D eigenvalue weighted by Crippen LogP contribution is -2.14. The molecule has 3 nitrogen and oxygen atoms in total. The molecule has 0 saturated heterocycles. The average molecular weight is 193 g/mol. The maximum atomic E-state index is 11.1. The number of carbonyl (C=O) groups is 1. The highest BCUT2D eigenvalue weighted by Crippen LogP contribution is 2.24. The first kappa shape index (κ1) is 10.6. The van der Waals surface area contributed by atoms with Gasteiger partial charge in [-0.2, -0.15) is 0 Å². The molecule has 1 amide bonds. The van der Waals surface area contributed by atoms with Gasteiger partial charge in [0.15, 0.2) is 0 Å². The Kier molecular flexibility index (Phi) is 3.51. The van der Waals surface area contributed by atoms with Crippen molar-refractivity contribution in [3.8, 4) is 5.75 Å². The lowest BCUT2D eigenvalue weighted by atomic mass is 10.1. The number of hydrogen-bond acceptors (Lipinski definition) is 2. The molecule has 0 bridgehead atoms. The maximum Gasteiger partial charge on any atom is 0.252 e. The van der Waals surface area contributed by atoms with Crippen LogP contribution in [-0.2, 0) is 6.42 Å². The number of rotatable bonds is 4. The number of carbonyl (C=O) groups excluding carboxylic acids is 1. The van der Waals surface area contributed by atoms with E-state index in [4.69, 9.17) is 10.5 Å². The van der Waals surface area contributed by atoms with Gasteiger partial charge in [0.25, 0.3) is 5.91 Å². The van der Waals surface area contributed by atoms with E-state index in [-0.39, 0.29) is 0 Å². The number of ether oxygens (including phenoxy) is 1. The molecule has 0 aliphatic heterocycles. The van der Waals surface area contributed by atoms with Crippen LogP contribution in [0.5, 0.6) is 5.75 Å². The number of hydrogen-bond donors (Lipinski definition) is 1. The molecular formula is C11H15NO2. The summed E-state index contributed by atoms with van der Waals surface area (Å²) in [5.41, 5.74) is 6.73. The van der Waals surface area contributed by atoms with Gasteiger partial charge in [-0.15, -0.1) is 0 Å². The monoisotopic (exact) mass is 193 g/mol. The van der Waals surface area contributed by atoms with Gasteiger partial charge in [-0.25, -0.2) is 0 Å². The molecule has 0 radical (unpaired) electrons. The van der Waals surface area contributed by atoms with Gasteiger partial charge in [0.2, 0.25) is 0 Å². The molecule has 1 aromatic rings. The molecule has 0 aliphatic carbocycles. The summed E-state index contributed by atoms with van der Waals surface area (Å²) >= 11 is 0. The van der Waals surface area contributed by atoms with E-state index in [9.17, 15) is 4.79 Å². The zero-order valence-electron chi connectivity index (χ0n) is 8.54. The SMILES string of the molecule is CCOc1c(CC)cccc1C(N)=O. The van der Waals surface area contributed by atoms with Crippen LogP contribution < -0.4 is 10.5 Å². The highest BCUT2D eigenvalue weighted by molar-refractivity contribution is 5.96. The van der Waals surface area contributed by atoms with Gasteiger partial charge in [0.1, 0.15) is 5.75 Å². The molecule has 0 aromatic heterocycles. The van der Waals surface area contributed by atoms with Gasteiger partial charge >= 0.3 is 0 Å². The lowest BCUT2D eigenvalue weighted by molar-refractivity contribution is 0.0996. The van der Waals surface area contributed by atoms with Crippen LogP contribution in [0.15, 0.2) is 18.2 Å². The van der Waals surface area contributed by atoms with Gasteiger partial charge < -0.3 is 10.5 Å². The molecule has 2 N–H and O–H groups in total. The summed E-state index contributed by atoms with van der Waals surface area (Å²) in [5.74, 6) is 0.189. The van der Waals surface area contributed by atoms with Crippen LogP contribution >= 0.6 is 0 Å². The first-order valence-electron chi connectivity index (χ1n) is 4.75. The third kappa shape index (κ3) is 2.05. The molecule has 14 heavy (non-hydrogen) atoms. The molecule has 0 fully saturated rings. The molecule has 3 heteroatoms. The zero-order chi connectivity index (χ0) is 10.6. The molecule has 0 heterocycles. The van der Waals surface area contributed by atoms with Crippen molar-refractivity contribution in [1.29, 1.82) is 0 Å². The molecule has 1 aromatic carbocycles. The Morgan fingerprint density at radius 3 is 2.64 bits per heavy atom. The molecule has 0 unspecified atom stereocenters. The highest BCUT2D eigenvalue weighted by Gasteiger charge is 2.11. The summed E-state index contributed by atoms with van der Waals surface area (Å²) in [5, 5.41) is 0. The smallest absolute Gasteiger partial charge is 0.252 e. The number of benzene rings is 1. The predicted octanol–water partition coefficient (Wildman–Crippen LogP) is 1.75. The van der Waals surface area contributed by atoms with E-state index in [1.165, 1.54) is 0 Å². The minimum absolute atomic E-state index is 0.441. The Morgan fingerprint density at radius 2 is 2.14 bits per heavy atom. The van der Waals surface area contributed by atoms with Crippen LogP contribution in [0.2, 0.25) is 0 Å². The quantitative estimate of drug-likeness (QED) is 0.792. The number of amides is 1. The summed E-state index contributed by atoms with van der Waals surface area (Å²) in [7, 11) is 0. The van der Waals surface area contributed by atoms with Crippen LogP contribution in [0, 0.1) is 0 Å². The van der Waals surface area contributed by atoms with Crippen molar-refractivity contribution in [3.63, 3.8) is 0 Å². The average Bonchev–Trinajstić information content (AvgIpc) is 2.18. The summed E-state index contributed by atoms with van der Waals surface area (Å²) in [4.78, 5) is 11.1. The maximum absolute atomic E-state index is 11.1. The van der Waals surface area contributed by atoms with Crippen LogP contribution in [0.25, 0.3) is 0 Å². The Hall–Kier alpha value is -1.51. The summed E-state index contributed by atoms with van der Waals surface area (Å²) in [6.07, 6.45) is 0.830.